The van der Waals surface area contributed by atoms with E-state index in [1.807, 2.05) is 47.3 Å². The summed E-state index contributed by atoms with van der Waals surface area (Å²) in [6, 6.07) is 4.16. The minimum absolute atomic E-state index is 0.0589. The molecule has 0 saturated carbocycles. The fourth-order valence-electron chi connectivity index (χ4n) is 1.83. The molecule has 0 aromatic carbocycles. The Labute approximate surface area is 118 Å². The number of hydrogen-bond acceptors (Lipinski definition) is 4. The summed E-state index contributed by atoms with van der Waals surface area (Å²) < 4.78 is 1.86. The lowest BCUT2D eigenvalue weighted by atomic mass is 10.3. The number of amides is 1. The molecule has 4 nitrogen and oxygen atoms in total. The van der Waals surface area contributed by atoms with Gasteiger partial charge in [-0.25, -0.2) is 4.98 Å². The van der Waals surface area contributed by atoms with E-state index in [0.29, 0.717) is 5.69 Å². The van der Waals surface area contributed by atoms with Gasteiger partial charge in [-0.05, 0) is 25.3 Å². The van der Waals surface area contributed by atoms with Crippen molar-refractivity contribution in [2.24, 2.45) is 0 Å². The number of thiazole rings is 1. The number of imidazole rings is 1. The lowest BCUT2D eigenvalue weighted by Gasteiger charge is -2.06. The molecule has 1 amide bonds. The molecule has 0 unspecified atom stereocenters. The van der Waals surface area contributed by atoms with Crippen LogP contribution < -0.4 is 5.32 Å². The van der Waals surface area contributed by atoms with Crippen molar-refractivity contribution >= 4 is 33.5 Å². The Morgan fingerprint density at radius 1 is 1.42 bits per heavy atom. The van der Waals surface area contributed by atoms with Gasteiger partial charge in [0.25, 0.3) is 5.91 Å². The molecular formula is C13H13N3OS2. The lowest BCUT2D eigenvalue weighted by Crippen LogP contribution is -2.30. The second-order valence-electron chi connectivity index (χ2n) is 4.51. The number of thiophene rings is 1. The minimum Gasteiger partial charge on any atom is -0.349 e. The summed E-state index contributed by atoms with van der Waals surface area (Å²) in [7, 11) is 0. The highest BCUT2D eigenvalue weighted by Gasteiger charge is 2.15. The van der Waals surface area contributed by atoms with Crippen LogP contribution in [0.15, 0.2) is 29.1 Å². The second kappa shape index (κ2) is 4.79. The number of carbonyl (C=O) groups is 1. The van der Waals surface area contributed by atoms with Crippen LogP contribution in [0.3, 0.4) is 0 Å². The third kappa shape index (κ3) is 2.29. The first-order valence-corrected chi connectivity index (χ1v) is 7.72. The van der Waals surface area contributed by atoms with Crippen molar-refractivity contribution in [2.75, 3.05) is 0 Å². The van der Waals surface area contributed by atoms with Crippen LogP contribution in [-0.4, -0.2) is 21.3 Å². The van der Waals surface area contributed by atoms with Crippen LogP contribution in [0.5, 0.6) is 0 Å². The van der Waals surface area contributed by atoms with E-state index in [4.69, 9.17) is 0 Å². The van der Waals surface area contributed by atoms with Crippen molar-refractivity contribution in [3.63, 3.8) is 0 Å². The average Bonchev–Trinajstić information content (AvgIpc) is 3.03. The average molecular weight is 291 g/mol. The highest BCUT2D eigenvalue weighted by Crippen LogP contribution is 2.26. The van der Waals surface area contributed by atoms with Crippen LogP contribution >= 0.6 is 22.7 Å². The molecule has 19 heavy (non-hydrogen) atoms. The zero-order valence-corrected chi connectivity index (χ0v) is 12.2. The zero-order chi connectivity index (χ0) is 13.4. The van der Waals surface area contributed by atoms with Crippen LogP contribution in [0.4, 0.5) is 0 Å². The van der Waals surface area contributed by atoms with Gasteiger partial charge >= 0.3 is 0 Å². The Hall–Kier alpha value is -1.66. The molecular weight excluding hydrogens is 278 g/mol. The van der Waals surface area contributed by atoms with Gasteiger partial charge in [-0.1, -0.05) is 6.07 Å². The van der Waals surface area contributed by atoms with Gasteiger partial charge in [0.15, 0.2) is 4.96 Å². The summed E-state index contributed by atoms with van der Waals surface area (Å²) in [5.74, 6) is -0.0589. The quantitative estimate of drug-likeness (QED) is 0.805. The largest absolute Gasteiger partial charge is 0.349 e. The first kappa shape index (κ1) is 12.4. The van der Waals surface area contributed by atoms with E-state index < -0.39 is 0 Å². The van der Waals surface area contributed by atoms with Crippen molar-refractivity contribution < 1.29 is 4.79 Å². The van der Waals surface area contributed by atoms with E-state index in [9.17, 15) is 4.79 Å². The summed E-state index contributed by atoms with van der Waals surface area (Å²) >= 11 is 3.13. The molecule has 0 bridgehead atoms. The Kier molecular flexibility index (Phi) is 3.12. The van der Waals surface area contributed by atoms with Gasteiger partial charge in [-0.3, -0.25) is 9.20 Å². The minimum atomic E-state index is -0.0589. The molecule has 0 fully saturated rings. The molecule has 0 radical (unpaired) electrons. The Morgan fingerprint density at radius 3 is 2.95 bits per heavy atom. The van der Waals surface area contributed by atoms with Gasteiger partial charge in [0.1, 0.15) is 11.4 Å². The van der Waals surface area contributed by atoms with Crippen molar-refractivity contribution in [1.82, 2.24) is 14.7 Å². The normalized spacial score (nSPS) is 11.3. The van der Waals surface area contributed by atoms with E-state index >= 15 is 0 Å². The van der Waals surface area contributed by atoms with Crippen LogP contribution in [0.1, 0.15) is 24.3 Å². The van der Waals surface area contributed by atoms with Crippen LogP contribution in [0, 0.1) is 0 Å². The number of hydrogen-bond donors (Lipinski definition) is 1. The highest BCUT2D eigenvalue weighted by atomic mass is 32.1. The van der Waals surface area contributed by atoms with E-state index in [-0.39, 0.29) is 11.9 Å². The summed E-state index contributed by atoms with van der Waals surface area (Å²) in [5.41, 5.74) is 1.56. The Morgan fingerprint density at radius 2 is 2.26 bits per heavy atom. The van der Waals surface area contributed by atoms with Crippen molar-refractivity contribution in [3.8, 4) is 10.6 Å². The molecule has 3 heterocycles. The van der Waals surface area contributed by atoms with Crippen LogP contribution in [0.25, 0.3) is 15.5 Å². The van der Waals surface area contributed by atoms with Gasteiger partial charge < -0.3 is 5.32 Å². The number of fused-ring (bicyclic) bond motifs is 1. The molecule has 0 aliphatic carbocycles. The fourth-order valence-corrected chi connectivity index (χ4v) is 3.36. The van der Waals surface area contributed by atoms with Crippen molar-refractivity contribution in [3.05, 3.63) is 34.8 Å². The number of rotatable bonds is 3. The van der Waals surface area contributed by atoms with E-state index in [2.05, 4.69) is 10.3 Å². The molecule has 3 aromatic rings. The van der Waals surface area contributed by atoms with E-state index in [0.717, 1.165) is 15.5 Å². The van der Waals surface area contributed by atoms with E-state index in [1.165, 1.54) is 11.3 Å². The molecule has 98 valence electrons. The maximum absolute atomic E-state index is 12.1. The molecule has 3 rings (SSSR count). The molecule has 0 saturated heterocycles. The predicted octanol–water partition coefficient (Wildman–Crippen LogP) is 3.26. The molecule has 6 heteroatoms. The van der Waals surface area contributed by atoms with Crippen molar-refractivity contribution in [1.29, 1.82) is 0 Å². The zero-order valence-electron chi connectivity index (χ0n) is 10.6. The molecule has 0 spiro atoms. The van der Waals surface area contributed by atoms with Gasteiger partial charge in [-0.15, -0.1) is 22.7 Å². The van der Waals surface area contributed by atoms with Gasteiger partial charge in [0.2, 0.25) is 0 Å². The standard InChI is InChI=1S/C13H13N3OS2/c1-8(2)14-12(17)10-7-19-13-15-9(6-16(10)13)11-4-3-5-18-11/h3-8H,1-2H3,(H,14,17). The molecule has 1 N–H and O–H groups in total. The third-order valence-electron chi connectivity index (χ3n) is 2.64. The maximum atomic E-state index is 12.1. The highest BCUT2D eigenvalue weighted by molar-refractivity contribution is 7.15. The Balaban J connectivity index is 2.01. The maximum Gasteiger partial charge on any atom is 0.269 e. The first-order valence-electron chi connectivity index (χ1n) is 5.96. The predicted molar refractivity (Wildman–Crippen MR) is 79.0 cm³/mol. The summed E-state index contributed by atoms with van der Waals surface area (Å²) in [5, 5.41) is 6.77. The van der Waals surface area contributed by atoms with Gasteiger partial charge in [0, 0.05) is 17.6 Å². The van der Waals surface area contributed by atoms with Gasteiger partial charge in [0.05, 0.1) is 4.88 Å². The number of nitrogens with one attached hydrogen (secondary N) is 1. The molecule has 0 aliphatic heterocycles. The smallest absolute Gasteiger partial charge is 0.269 e. The summed E-state index contributed by atoms with van der Waals surface area (Å²) in [6.45, 7) is 3.90. The monoisotopic (exact) mass is 291 g/mol. The SMILES string of the molecule is CC(C)NC(=O)c1csc2nc(-c3cccs3)cn12. The number of nitrogens with zero attached hydrogens (tertiary/aromatic N) is 2. The second-order valence-corrected chi connectivity index (χ2v) is 6.29. The third-order valence-corrected chi connectivity index (χ3v) is 4.37. The molecule has 3 aromatic heterocycles. The Bertz CT molecular complexity index is 709. The lowest BCUT2D eigenvalue weighted by molar-refractivity contribution is 0.0937. The topological polar surface area (TPSA) is 46.4 Å². The van der Waals surface area contributed by atoms with Crippen LogP contribution in [0.2, 0.25) is 0 Å². The van der Waals surface area contributed by atoms with Crippen LogP contribution in [-0.2, 0) is 0 Å². The summed E-state index contributed by atoms with van der Waals surface area (Å²) in [4.78, 5) is 18.6. The van der Waals surface area contributed by atoms with E-state index in [1.54, 1.807) is 11.3 Å². The first-order chi connectivity index (χ1) is 9.15. The fraction of sp³-hybridized carbons (Fsp3) is 0.231. The summed E-state index contributed by atoms with van der Waals surface area (Å²) in [6.07, 6.45) is 1.92. The van der Waals surface area contributed by atoms with Gasteiger partial charge in [-0.2, -0.15) is 0 Å². The molecule has 0 atom stereocenters. The molecule has 0 aliphatic rings. The van der Waals surface area contributed by atoms with Crippen molar-refractivity contribution in [2.45, 2.75) is 19.9 Å². The number of carbonyl (C=O) groups excluding carboxylic acids is 1. The number of aromatic nitrogens is 2.